The highest BCUT2D eigenvalue weighted by Crippen LogP contribution is 2.39. The molecule has 0 radical (unpaired) electrons. The quantitative estimate of drug-likeness (QED) is 0.550. The van der Waals surface area contributed by atoms with Gasteiger partial charge in [0.2, 0.25) is 5.76 Å². The van der Waals surface area contributed by atoms with E-state index in [2.05, 4.69) is 0 Å². The summed E-state index contributed by atoms with van der Waals surface area (Å²) in [6.45, 7) is 4.94. The molecule has 1 aliphatic heterocycles. The second-order valence-corrected chi connectivity index (χ2v) is 7.62. The lowest BCUT2D eigenvalue weighted by atomic mass is 9.98. The van der Waals surface area contributed by atoms with Gasteiger partial charge in [0.25, 0.3) is 5.91 Å². The van der Waals surface area contributed by atoms with E-state index in [9.17, 15) is 9.59 Å². The summed E-state index contributed by atoms with van der Waals surface area (Å²) in [6, 6.07) is 14.0. The Bertz CT molecular complexity index is 1130. The number of rotatable bonds is 7. The maximum Gasteiger partial charge on any atom is 0.290 e. The molecular weight excluding hydrogens is 382 g/mol. The van der Waals surface area contributed by atoms with Gasteiger partial charge in [0, 0.05) is 13.2 Å². The van der Waals surface area contributed by atoms with Crippen molar-refractivity contribution in [2.45, 2.75) is 32.4 Å². The maximum atomic E-state index is 13.4. The number of ether oxygens (including phenoxy) is 2. The molecule has 0 fully saturated rings. The molecule has 1 aliphatic rings. The number of amides is 1. The van der Waals surface area contributed by atoms with E-state index < -0.39 is 6.04 Å². The van der Waals surface area contributed by atoms with Gasteiger partial charge in [-0.2, -0.15) is 0 Å². The van der Waals surface area contributed by atoms with Crippen LogP contribution in [0.4, 0.5) is 0 Å². The van der Waals surface area contributed by atoms with E-state index >= 15 is 0 Å². The van der Waals surface area contributed by atoms with Gasteiger partial charge in [-0.25, -0.2) is 0 Å². The van der Waals surface area contributed by atoms with E-state index in [-0.39, 0.29) is 23.2 Å². The Balaban J connectivity index is 1.81. The molecule has 0 saturated heterocycles. The summed E-state index contributed by atoms with van der Waals surface area (Å²) in [7, 11) is 1.59. The van der Waals surface area contributed by atoms with Gasteiger partial charge in [-0.1, -0.05) is 24.3 Å². The number of nitrogens with zero attached hydrogens (tertiary/aromatic N) is 1. The van der Waals surface area contributed by atoms with Crippen molar-refractivity contribution in [1.82, 2.24) is 4.90 Å². The zero-order chi connectivity index (χ0) is 21.3. The van der Waals surface area contributed by atoms with Crippen LogP contribution in [0.3, 0.4) is 0 Å². The molecule has 1 amide bonds. The third-order valence-corrected chi connectivity index (χ3v) is 5.28. The summed E-state index contributed by atoms with van der Waals surface area (Å²) >= 11 is 0. The van der Waals surface area contributed by atoms with Crippen molar-refractivity contribution < 1.29 is 18.7 Å². The fourth-order valence-corrected chi connectivity index (χ4v) is 3.91. The molecule has 30 heavy (non-hydrogen) atoms. The molecule has 4 rings (SSSR count). The van der Waals surface area contributed by atoms with Crippen LogP contribution in [-0.4, -0.2) is 37.2 Å². The Morgan fingerprint density at radius 3 is 2.67 bits per heavy atom. The van der Waals surface area contributed by atoms with E-state index in [0.717, 1.165) is 5.56 Å². The van der Waals surface area contributed by atoms with Gasteiger partial charge in [0.05, 0.1) is 30.2 Å². The maximum absolute atomic E-state index is 13.4. The monoisotopic (exact) mass is 407 g/mol. The molecule has 0 aliphatic carbocycles. The minimum absolute atomic E-state index is 0.122. The molecule has 1 atom stereocenters. The first-order valence-corrected chi connectivity index (χ1v) is 10.1. The normalized spacial score (nSPS) is 15.8. The molecule has 1 aromatic heterocycles. The highest BCUT2D eigenvalue weighted by Gasteiger charge is 2.42. The number of carbonyl (C=O) groups is 1. The number of benzene rings is 2. The lowest BCUT2D eigenvalue weighted by molar-refractivity contribution is 0.0593. The third kappa shape index (κ3) is 3.59. The topological polar surface area (TPSA) is 69.0 Å². The first-order chi connectivity index (χ1) is 14.5. The number of methoxy groups -OCH3 is 1. The van der Waals surface area contributed by atoms with Gasteiger partial charge in [-0.15, -0.1) is 0 Å². The minimum atomic E-state index is -0.525. The highest BCUT2D eigenvalue weighted by atomic mass is 16.5. The molecule has 0 N–H and O–H groups in total. The largest absolute Gasteiger partial charge is 0.497 e. The standard InChI is InChI=1S/C24H25NO5/c1-15(2)29-13-7-12-25-21(16-8-6-9-17(14-16)28-3)20-22(26)18-10-4-5-11-19(18)30-23(20)24(25)27/h4-6,8-11,14-15,21H,7,12-13H2,1-3H3/t21-/m0/s1. The van der Waals surface area contributed by atoms with Crippen LogP contribution in [0.15, 0.2) is 57.7 Å². The predicted molar refractivity (Wildman–Crippen MR) is 114 cm³/mol. The van der Waals surface area contributed by atoms with E-state index in [1.807, 2.05) is 38.1 Å². The average molecular weight is 407 g/mol. The Morgan fingerprint density at radius 2 is 1.90 bits per heavy atom. The summed E-state index contributed by atoms with van der Waals surface area (Å²) in [5.74, 6) is 0.517. The molecule has 0 saturated carbocycles. The van der Waals surface area contributed by atoms with Crippen LogP contribution in [0.2, 0.25) is 0 Å². The molecule has 2 heterocycles. The van der Waals surface area contributed by atoms with Gasteiger partial charge < -0.3 is 18.8 Å². The number of hydrogen-bond donors (Lipinski definition) is 0. The summed E-state index contributed by atoms with van der Waals surface area (Å²) in [5.41, 5.74) is 1.45. The Kier molecular flexibility index (Phi) is 5.59. The fraction of sp³-hybridized carbons (Fsp3) is 0.333. The number of para-hydroxylation sites is 1. The molecule has 0 unspecified atom stereocenters. The summed E-state index contributed by atoms with van der Waals surface area (Å²) in [5, 5.41) is 0.474. The Hall–Kier alpha value is -3.12. The van der Waals surface area contributed by atoms with Gasteiger partial charge in [0.1, 0.15) is 11.3 Å². The summed E-state index contributed by atoms with van der Waals surface area (Å²) in [4.78, 5) is 28.4. The minimum Gasteiger partial charge on any atom is -0.497 e. The van der Waals surface area contributed by atoms with Crippen LogP contribution in [0.5, 0.6) is 5.75 Å². The molecule has 2 aromatic carbocycles. The zero-order valence-electron chi connectivity index (χ0n) is 17.4. The van der Waals surface area contributed by atoms with Crippen molar-refractivity contribution in [3.63, 3.8) is 0 Å². The molecule has 6 nitrogen and oxygen atoms in total. The van der Waals surface area contributed by atoms with Crippen molar-refractivity contribution in [1.29, 1.82) is 0 Å². The highest BCUT2D eigenvalue weighted by molar-refractivity contribution is 5.99. The van der Waals surface area contributed by atoms with Gasteiger partial charge >= 0.3 is 0 Å². The average Bonchev–Trinajstić information content (AvgIpc) is 3.03. The van der Waals surface area contributed by atoms with E-state index in [1.165, 1.54) is 0 Å². The number of hydrogen-bond acceptors (Lipinski definition) is 5. The van der Waals surface area contributed by atoms with E-state index in [0.29, 0.717) is 41.9 Å². The van der Waals surface area contributed by atoms with Crippen molar-refractivity contribution in [3.05, 3.63) is 75.6 Å². The molecule has 6 heteroatoms. The third-order valence-electron chi connectivity index (χ3n) is 5.28. The van der Waals surface area contributed by atoms with Crippen LogP contribution >= 0.6 is 0 Å². The molecule has 3 aromatic rings. The molecule has 156 valence electrons. The van der Waals surface area contributed by atoms with Crippen molar-refractivity contribution >= 4 is 16.9 Å². The molecule has 0 bridgehead atoms. The Morgan fingerprint density at radius 1 is 1.10 bits per heavy atom. The van der Waals surface area contributed by atoms with Crippen LogP contribution in [0.1, 0.15) is 48.0 Å². The Labute approximate surface area is 175 Å². The van der Waals surface area contributed by atoms with Crippen LogP contribution in [0.25, 0.3) is 11.0 Å². The predicted octanol–water partition coefficient (Wildman–Crippen LogP) is 4.16. The molecule has 0 spiro atoms. The lowest BCUT2D eigenvalue weighted by Crippen LogP contribution is -2.31. The SMILES string of the molecule is COc1cccc([C@H]2c3c(oc4ccccc4c3=O)C(=O)N2CCCOC(C)C)c1. The first kappa shape index (κ1) is 20.2. The van der Waals surface area contributed by atoms with Gasteiger partial charge in [-0.05, 0) is 50.1 Å². The second-order valence-electron chi connectivity index (χ2n) is 7.62. The van der Waals surface area contributed by atoms with Crippen molar-refractivity contribution in [3.8, 4) is 5.75 Å². The summed E-state index contributed by atoms with van der Waals surface area (Å²) in [6.07, 6.45) is 0.783. The van der Waals surface area contributed by atoms with Crippen LogP contribution in [-0.2, 0) is 4.74 Å². The van der Waals surface area contributed by atoms with E-state index in [4.69, 9.17) is 13.9 Å². The van der Waals surface area contributed by atoms with Crippen LogP contribution in [0, 0.1) is 0 Å². The van der Waals surface area contributed by atoms with Crippen molar-refractivity contribution in [2.75, 3.05) is 20.3 Å². The van der Waals surface area contributed by atoms with Crippen LogP contribution < -0.4 is 10.2 Å². The number of carbonyl (C=O) groups excluding carboxylic acids is 1. The molecular formula is C24H25NO5. The summed E-state index contributed by atoms with van der Waals surface area (Å²) < 4.78 is 16.9. The second kappa shape index (κ2) is 8.32. The first-order valence-electron chi connectivity index (χ1n) is 10.1. The fourth-order valence-electron chi connectivity index (χ4n) is 3.91. The zero-order valence-corrected chi connectivity index (χ0v) is 17.4. The number of fused-ring (bicyclic) bond motifs is 2. The van der Waals surface area contributed by atoms with Crippen molar-refractivity contribution in [2.24, 2.45) is 0 Å². The van der Waals surface area contributed by atoms with Gasteiger partial charge in [0.15, 0.2) is 5.43 Å². The lowest BCUT2D eigenvalue weighted by Gasteiger charge is -2.25. The van der Waals surface area contributed by atoms with Gasteiger partial charge in [-0.3, -0.25) is 9.59 Å². The van der Waals surface area contributed by atoms with E-state index in [1.54, 1.807) is 36.3 Å². The smallest absolute Gasteiger partial charge is 0.290 e.